The van der Waals surface area contributed by atoms with Crippen LogP contribution in [0.15, 0.2) is 73.1 Å². The Balaban J connectivity index is 1.58. The third-order valence-electron chi connectivity index (χ3n) is 3.95. The molecule has 0 spiro atoms. The van der Waals surface area contributed by atoms with Crippen molar-refractivity contribution < 1.29 is 9.59 Å². The van der Waals surface area contributed by atoms with Gasteiger partial charge in [0.25, 0.3) is 0 Å². The number of amides is 4. The fourth-order valence-electron chi connectivity index (χ4n) is 2.50. The van der Waals surface area contributed by atoms with E-state index >= 15 is 0 Å². The lowest BCUT2D eigenvalue weighted by Crippen LogP contribution is -2.28. The SMILES string of the molecule is Cc1ccc(NC(=O)Nc2ccccc2)cc1NC(=O)NCc1cccnc1. The summed E-state index contributed by atoms with van der Waals surface area (Å²) in [5.41, 5.74) is 3.66. The molecule has 4 N–H and O–H groups in total. The highest BCUT2D eigenvalue weighted by Crippen LogP contribution is 2.20. The molecule has 1 heterocycles. The summed E-state index contributed by atoms with van der Waals surface area (Å²) in [6, 6.07) is 17.5. The number of pyridine rings is 1. The summed E-state index contributed by atoms with van der Waals surface area (Å²) in [7, 11) is 0. The van der Waals surface area contributed by atoms with Crippen molar-refractivity contribution in [1.82, 2.24) is 10.3 Å². The number of hydrogen-bond acceptors (Lipinski definition) is 3. The van der Waals surface area contributed by atoms with Crippen molar-refractivity contribution in [2.75, 3.05) is 16.0 Å². The first-order valence-electron chi connectivity index (χ1n) is 8.77. The molecule has 7 nitrogen and oxygen atoms in total. The number of aromatic nitrogens is 1. The normalized spacial score (nSPS) is 10.0. The summed E-state index contributed by atoms with van der Waals surface area (Å²) in [6.07, 6.45) is 3.38. The molecule has 0 fully saturated rings. The molecule has 3 aromatic rings. The summed E-state index contributed by atoms with van der Waals surface area (Å²) in [5, 5.41) is 11.1. The number of nitrogens with one attached hydrogen (secondary N) is 4. The van der Waals surface area contributed by atoms with Crippen molar-refractivity contribution in [2.45, 2.75) is 13.5 Å². The van der Waals surface area contributed by atoms with Crippen LogP contribution in [0.4, 0.5) is 26.7 Å². The van der Waals surface area contributed by atoms with Gasteiger partial charge in [0.2, 0.25) is 0 Å². The number of para-hydroxylation sites is 1. The first-order valence-corrected chi connectivity index (χ1v) is 8.77. The highest BCUT2D eigenvalue weighted by atomic mass is 16.2. The Morgan fingerprint density at radius 2 is 1.64 bits per heavy atom. The van der Waals surface area contributed by atoms with Crippen LogP contribution < -0.4 is 21.3 Å². The van der Waals surface area contributed by atoms with Crippen molar-refractivity contribution in [3.05, 3.63) is 84.2 Å². The van der Waals surface area contributed by atoms with Gasteiger partial charge in [0.05, 0.1) is 0 Å². The zero-order valence-electron chi connectivity index (χ0n) is 15.4. The smallest absolute Gasteiger partial charge is 0.323 e. The molecule has 3 rings (SSSR count). The fraction of sp³-hybridized carbons (Fsp3) is 0.0952. The molecule has 0 radical (unpaired) electrons. The number of anilines is 3. The first-order chi connectivity index (χ1) is 13.6. The second-order valence-corrected chi connectivity index (χ2v) is 6.14. The van der Waals surface area contributed by atoms with E-state index in [9.17, 15) is 9.59 Å². The van der Waals surface area contributed by atoms with E-state index in [0.717, 1.165) is 11.1 Å². The minimum Gasteiger partial charge on any atom is -0.334 e. The van der Waals surface area contributed by atoms with Crippen LogP contribution in [0, 0.1) is 6.92 Å². The van der Waals surface area contributed by atoms with Crippen LogP contribution in [0.5, 0.6) is 0 Å². The van der Waals surface area contributed by atoms with Gasteiger partial charge < -0.3 is 21.3 Å². The van der Waals surface area contributed by atoms with E-state index in [1.807, 2.05) is 43.3 Å². The Morgan fingerprint density at radius 1 is 0.857 bits per heavy atom. The second kappa shape index (κ2) is 9.18. The Bertz CT molecular complexity index is 946. The molecule has 0 aliphatic carbocycles. The van der Waals surface area contributed by atoms with Crippen LogP contribution in [0.25, 0.3) is 0 Å². The molecular formula is C21H21N5O2. The van der Waals surface area contributed by atoms with Gasteiger partial charge in [-0.2, -0.15) is 0 Å². The van der Waals surface area contributed by atoms with Gasteiger partial charge in [0.15, 0.2) is 0 Å². The highest BCUT2D eigenvalue weighted by molar-refractivity contribution is 6.00. The van der Waals surface area contributed by atoms with Gasteiger partial charge in [0, 0.05) is 36.0 Å². The van der Waals surface area contributed by atoms with E-state index in [-0.39, 0.29) is 12.1 Å². The predicted octanol–water partition coefficient (Wildman–Crippen LogP) is 4.36. The standard InChI is InChI=1S/C21H21N5O2/c1-15-9-10-18(25-21(28)24-17-7-3-2-4-8-17)12-19(15)26-20(27)23-14-16-6-5-11-22-13-16/h2-13H,14H2,1H3,(H2,23,26,27)(H2,24,25,28). The molecule has 2 aromatic carbocycles. The van der Waals surface area contributed by atoms with Crippen molar-refractivity contribution >= 4 is 29.1 Å². The highest BCUT2D eigenvalue weighted by Gasteiger charge is 2.08. The summed E-state index contributed by atoms with van der Waals surface area (Å²) >= 11 is 0. The van der Waals surface area contributed by atoms with Crippen LogP contribution >= 0.6 is 0 Å². The topological polar surface area (TPSA) is 95.2 Å². The Kier molecular flexibility index (Phi) is 6.20. The van der Waals surface area contributed by atoms with Crippen LogP contribution in [0.3, 0.4) is 0 Å². The average Bonchev–Trinajstić information content (AvgIpc) is 2.70. The number of carbonyl (C=O) groups is 2. The number of rotatable bonds is 5. The molecule has 7 heteroatoms. The minimum absolute atomic E-state index is 0.335. The monoisotopic (exact) mass is 375 g/mol. The summed E-state index contributed by atoms with van der Waals surface area (Å²) in [6.45, 7) is 2.25. The van der Waals surface area contributed by atoms with E-state index in [0.29, 0.717) is 23.6 Å². The number of hydrogen-bond donors (Lipinski definition) is 4. The molecule has 28 heavy (non-hydrogen) atoms. The zero-order chi connectivity index (χ0) is 19.8. The predicted molar refractivity (Wildman–Crippen MR) is 110 cm³/mol. The molecule has 4 amide bonds. The maximum absolute atomic E-state index is 12.2. The van der Waals surface area contributed by atoms with Crippen molar-refractivity contribution in [2.24, 2.45) is 0 Å². The van der Waals surface area contributed by atoms with Gasteiger partial charge in [-0.15, -0.1) is 0 Å². The number of carbonyl (C=O) groups excluding carboxylic acids is 2. The van der Waals surface area contributed by atoms with Crippen LogP contribution in [-0.2, 0) is 6.54 Å². The van der Waals surface area contributed by atoms with Gasteiger partial charge in [0.1, 0.15) is 0 Å². The van der Waals surface area contributed by atoms with E-state index in [4.69, 9.17) is 0 Å². The molecular weight excluding hydrogens is 354 g/mol. The summed E-state index contributed by atoms with van der Waals surface area (Å²) in [5.74, 6) is 0. The van der Waals surface area contributed by atoms with Crippen LogP contribution in [0.2, 0.25) is 0 Å². The van der Waals surface area contributed by atoms with Crippen LogP contribution in [0.1, 0.15) is 11.1 Å². The van der Waals surface area contributed by atoms with Crippen molar-refractivity contribution in [3.63, 3.8) is 0 Å². The Hall–Kier alpha value is -3.87. The quantitative estimate of drug-likeness (QED) is 0.534. The fourth-order valence-corrected chi connectivity index (χ4v) is 2.50. The molecule has 0 saturated carbocycles. The largest absolute Gasteiger partial charge is 0.334 e. The lowest BCUT2D eigenvalue weighted by Gasteiger charge is -2.13. The molecule has 0 atom stereocenters. The third-order valence-corrected chi connectivity index (χ3v) is 3.95. The van der Waals surface area contributed by atoms with Gasteiger partial charge >= 0.3 is 12.1 Å². The number of aryl methyl sites for hydroxylation is 1. The van der Waals surface area contributed by atoms with Gasteiger partial charge in [-0.05, 0) is 48.4 Å². The first kappa shape index (κ1) is 18.9. The number of benzene rings is 2. The zero-order valence-corrected chi connectivity index (χ0v) is 15.4. The van der Waals surface area contributed by atoms with Gasteiger partial charge in [-0.3, -0.25) is 4.98 Å². The average molecular weight is 375 g/mol. The maximum atomic E-state index is 12.2. The maximum Gasteiger partial charge on any atom is 0.323 e. The summed E-state index contributed by atoms with van der Waals surface area (Å²) in [4.78, 5) is 28.3. The molecule has 0 aliphatic heterocycles. The van der Waals surface area contributed by atoms with E-state index < -0.39 is 0 Å². The van der Waals surface area contributed by atoms with E-state index in [1.165, 1.54) is 0 Å². The minimum atomic E-state index is -0.359. The molecule has 0 bridgehead atoms. The Labute approximate surface area is 163 Å². The molecule has 0 saturated heterocycles. The number of urea groups is 2. The molecule has 0 unspecified atom stereocenters. The Morgan fingerprint density at radius 3 is 2.39 bits per heavy atom. The van der Waals surface area contributed by atoms with E-state index in [1.54, 1.807) is 36.7 Å². The number of nitrogens with zero attached hydrogens (tertiary/aromatic N) is 1. The van der Waals surface area contributed by atoms with Gasteiger partial charge in [-0.25, -0.2) is 9.59 Å². The lowest BCUT2D eigenvalue weighted by atomic mass is 10.2. The lowest BCUT2D eigenvalue weighted by molar-refractivity contribution is 0.251. The molecule has 0 aliphatic rings. The second-order valence-electron chi connectivity index (χ2n) is 6.14. The van der Waals surface area contributed by atoms with Crippen LogP contribution in [-0.4, -0.2) is 17.0 Å². The van der Waals surface area contributed by atoms with E-state index in [2.05, 4.69) is 26.3 Å². The van der Waals surface area contributed by atoms with Crippen molar-refractivity contribution in [1.29, 1.82) is 0 Å². The molecule has 1 aromatic heterocycles. The van der Waals surface area contributed by atoms with Gasteiger partial charge in [-0.1, -0.05) is 30.3 Å². The summed E-state index contributed by atoms with van der Waals surface area (Å²) < 4.78 is 0. The third kappa shape index (κ3) is 5.57. The molecule has 142 valence electrons. The van der Waals surface area contributed by atoms with Crippen molar-refractivity contribution in [3.8, 4) is 0 Å².